The lowest BCUT2D eigenvalue weighted by Gasteiger charge is -2.37. The van der Waals surface area contributed by atoms with Crippen molar-refractivity contribution in [2.75, 3.05) is 36.9 Å². The molecular weight excluding hydrogens is 635 g/mol. The first-order valence-electron chi connectivity index (χ1n) is 14.9. The summed E-state index contributed by atoms with van der Waals surface area (Å²) in [6.45, 7) is 1.30. The second-order valence-corrected chi connectivity index (χ2v) is 12.8. The number of aldehydes is 1. The van der Waals surface area contributed by atoms with Gasteiger partial charge >= 0.3 is 5.97 Å². The minimum atomic E-state index is -3.18. The zero-order valence-corrected chi connectivity index (χ0v) is 26.5. The Bertz CT molecular complexity index is 1590. The van der Waals surface area contributed by atoms with Gasteiger partial charge in [-0.15, -0.1) is 0 Å². The van der Waals surface area contributed by atoms with Crippen LogP contribution in [-0.2, 0) is 19.9 Å². The van der Waals surface area contributed by atoms with Crippen molar-refractivity contribution in [3.05, 3.63) is 82.3 Å². The van der Waals surface area contributed by atoms with Gasteiger partial charge in [0.15, 0.2) is 0 Å². The molecule has 2 heterocycles. The van der Waals surface area contributed by atoms with E-state index < -0.39 is 48.1 Å². The number of fused-ring (bicyclic) bond motifs is 2. The molecule has 11 heteroatoms. The van der Waals surface area contributed by atoms with Crippen molar-refractivity contribution in [1.82, 2.24) is 4.90 Å². The molecule has 46 heavy (non-hydrogen) atoms. The molecule has 3 unspecified atom stereocenters. The fraction of sp³-hybridized carbons (Fsp3) is 0.400. The Hall–Kier alpha value is -3.53. The molecule has 3 aromatic rings. The summed E-state index contributed by atoms with van der Waals surface area (Å²) in [7, 11) is 2.20. The lowest BCUT2D eigenvalue weighted by atomic mass is 9.76. The normalized spacial score (nSPS) is 21.9. The van der Waals surface area contributed by atoms with Crippen LogP contribution in [0.1, 0.15) is 39.2 Å². The van der Waals surface area contributed by atoms with Crippen molar-refractivity contribution in [2.24, 2.45) is 17.8 Å². The van der Waals surface area contributed by atoms with Crippen LogP contribution >= 0.6 is 23.2 Å². The molecule has 0 bridgehead atoms. The Morgan fingerprint density at radius 2 is 1.78 bits per heavy atom. The van der Waals surface area contributed by atoms with Crippen LogP contribution in [0.4, 0.5) is 20.2 Å². The maximum absolute atomic E-state index is 14.2. The number of nitrogens with one attached hydrogen (secondary N) is 1. The van der Waals surface area contributed by atoms with Crippen molar-refractivity contribution >= 4 is 52.7 Å². The van der Waals surface area contributed by atoms with E-state index in [-0.39, 0.29) is 35.3 Å². The number of halogens is 4. The fourth-order valence-electron chi connectivity index (χ4n) is 6.38. The van der Waals surface area contributed by atoms with Crippen LogP contribution in [0.25, 0.3) is 11.1 Å². The molecular formula is C35H39Cl2F2N3O4. The molecule has 1 saturated carbocycles. The maximum atomic E-state index is 14.2. The van der Waals surface area contributed by atoms with Gasteiger partial charge < -0.3 is 20.1 Å². The highest BCUT2D eigenvalue weighted by atomic mass is 35.5. The van der Waals surface area contributed by atoms with E-state index in [1.165, 1.54) is 55.3 Å². The molecule has 3 aliphatic rings. The minimum Gasteiger partial charge on any atom is -0.481 e. The molecule has 2 N–H and O–H groups in total. The Balaban J connectivity index is 0.000000220. The zero-order chi connectivity index (χ0) is 32.5. The number of anilines is 2. The summed E-state index contributed by atoms with van der Waals surface area (Å²) in [5.41, 5.74) is 2.13. The van der Waals surface area contributed by atoms with E-state index in [0.717, 1.165) is 10.8 Å². The quantitative estimate of drug-likeness (QED) is 0.225. The zero-order valence-electron chi connectivity index (χ0n) is 25.0. The SMILES string of the molecule is C.CCC(F)(F)CN1CC(C=O)C(C(=O)O)C12C(=O)Nc1c(Cl)cc(Cl)cc12.CN(CC1CC1)c1cccc(-c2ccccc2)c1. The van der Waals surface area contributed by atoms with E-state index in [9.17, 15) is 28.3 Å². The molecule has 0 aromatic heterocycles. The van der Waals surface area contributed by atoms with E-state index in [1.807, 2.05) is 0 Å². The number of nitrogens with zero attached hydrogens (tertiary/aromatic N) is 2. The fourth-order valence-corrected chi connectivity index (χ4v) is 6.92. The third kappa shape index (κ3) is 6.92. The summed E-state index contributed by atoms with van der Waals surface area (Å²) in [6.07, 6.45) is 2.70. The molecule has 2 fully saturated rings. The number of carboxylic acid groups (broad SMARTS) is 1. The van der Waals surface area contributed by atoms with Gasteiger partial charge in [-0.1, -0.05) is 80.0 Å². The lowest BCUT2D eigenvalue weighted by Crippen LogP contribution is -2.55. The second-order valence-electron chi connectivity index (χ2n) is 12.0. The molecule has 1 aliphatic carbocycles. The average molecular weight is 675 g/mol. The molecule has 1 saturated heterocycles. The van der Waals surface area contributed by atoms with E-state index in [1.54, 1.807) is 0 Å². The van der Waals surface area contributed by atoms with Crippen molar-refractivity contribution < 1.29 is 28.3 Å². The first-order valence-corrected chi connectivity index (χ1v) is 15.7. The standard InChI is InChI=1S/C17H16Cl2F2N2O4.C17H19N.CH4/c1-2-16(20,21)7-23-5-8(6-24)12(14(25)26)17(23)10-3-9(18)4-11(19)13(10)22-15(17)27;1-18(13-14-10-11-14)17-9-5-8-16(12-17)15-6-3-2-4-7-15;/h3-4,6,8,12H,2,5,7H2,1H3,(H,22,27)(H,25,26);2-9,12,14H,10-11,13H2,1H3;1H4. The van der Waals surface area contributed by atoms with E-state index >= 15 is 0 Å². The third-order valence-corrected chi connectivity index (χ3v) is 9.38. The topological polar surface area (TPSA) is 90.0 Å². The highest BCUT2D eigenvalue weighted by Gasteiger charge is 2.67. The van der Waals surface area contributed by atoms with Crippen LogP contribution in [0.15, 0.2) is 66.7 Å². The summed E-state index contributed by atoms with van der Waals surface area (Å²) in [4.78, 5) is 40.0. The van der Waals surface area contributed by atoms with Crippen LogP contribution in [-0.4, -0.2) is 60.8 Å². The van der Waals surface area contributed by atoms with Crippen LogP contribution in [0.2, 0.25) is 10.0 Å². The summed E-state index contributed by atoms with van der Waals surface area (Å²) in [5.74, 6) is -7.21. The molecule has 0 radical (unpaired) electrons. The van der Waals surface area contributed by atoms with Crippen molar-refractivity contribution in [3.63, 3.8) is 0 Å². The van der Waals surface area contributed by atoms with Gasteiger partial charge in [0.2, 0.25) is 0 Å². The Morgan fingerprint density at radius 3 is 2.39 bits per heavy atom. The molecule has 7 nitrogen and oxygen atoms in total. The third-order valence-electron chi connectivity index (χ3n) is 8.86. The average Bonchev–Trinajstić information content (AvgIpc) is 3.71. The van der Waals surface area contributed by atoms with E-state index in [2.05, 4.69) is 71.9 Å². The van der Waals surface area contributed by atoms with Crippen LogP contribution in [0.3, 0.4) is 0 Å². The number of carbonyl (C=O) groups excluding carboxylic acids is 2. The largest absolute Gasteiger partial charge is 0.481 e. The van der Waals surface area contributed by atoms with Gasteiger partial charge in [0.05, 0.1) is 23.2 Å². The number of likely N-dealkylation sites (tertiary alicyclic amines) is 1. The number of alkyl halides is 2. The van der Waals surface area contributed by atoms with Crippen LogP contribution in [0, 0.1) is 17.8 Å². The van der Waals surface area contributed by atoms with Gasteiger partial charge in [0.1, 0.15) is 11.8 Å². The van der Waals surface area contributed by atoms with Gasteiger partial charge in [0, 0.05) is 48.7 Å². The highest BCUT2D eigenvalue weighted by molar-refractivity contribution is 6.38. The summed E-state index contributed by atoms with van der Waals surface area (Å²) in [5, 5.41) is 12.4. The Kier molecular flexibility index (Phi) is 10.8. The van der Waals surface area contributed by atoms with E-state index in [4.69, 9.17) is 23.2 Å². The number of rotatable bonds is 9. The summed E-state index contributed by atoms with van der Waals surface area (Å²) >= 11 is 12.2. The first-order chi connectivity index (χ1) is 21.4. The number of aliphatic carboxylic acids is 1. The highest BCUT2D eigenvalue weighted by Crippen LogP contribution is 2.55. The molecule has 1 spiro atoms. The minimum absolute atomic E-state index is 0. The van der Waals surface area contributed by atoms with Crippen LogP contribution in [0.5, 0.6) is 0 Å². The number of hydrogen-bond donors (Lipinski definition) is 2. The lowest BCUT2D eigenvalue weighted by molar-refractivity contribution is -0.153. The number of hydrogen-bond acceptors (Lipinski definition) is 5. The monoisotopic (exact) mass is 673 g/mol. The van der Waals surface area contributed by atoms with Gasteiger partial charge in [-0.3, -0.25) is 14.5 Å². The molecule has 3 atom stereocenters. The summed E-state index contributed by atoms with van der Waals surface area (Å²) in [6, 6.07) is 22.1. The van der Waals surface area contributed by atoms with Crippen LogP contribution < -0.4 is 10.2 Å². The predicted molar refractivity (Wildman–Crippen MR) is 179 cm³/mol. The number of carboxylic acids is 1. The number of carbonyl (C=O) groups is 3. The molecule has 6 rings (SSSR count). The first kappa shape index (κ1) is 35.3. The van der Waals surface area contributed by atoms with Gasteiger partial charge in [-0.05, 0) is 54.2 Å². The molecule has 1 amide bonds. The van der Waals surface area contributed by atoms with Crippen molar-refractivity contribution in [1.29, 1.82) is 0 Å². The molecule has 246 valence electrons. The van der Waals surface area contributed by atoms with Gasteiger partial charge in [-0.2, -0.15) is 0 Å². The predicted octanol–water partition coefficient (Wildman–Crippen LogP) is 7.85. The number of amides is 1. The van der Waals surface area contributed by atoms with Gasteiger partial charge in [0.25, 0.3) is 11.8 Å². The Morgan fingerprint density at radius 1 is 1.11 bits per heavy atom. The maximum Gasteiger partial charge on any atom is 0.310 e. The number of benzene rings is 3. The van der Waals surface area contributed by atoms with Crippen molar-refractivity contribution in [2.45, 2.75) is 45.1 Å². The summed E-state index contributed by atoms with van der Waals surface area (Å²) < 4.78 is 28.4. The molecule has 2 aliphatic heterocycles. The second kappa shape index (κ2) is 14.1. The van der Waals surface area contributed by atoms with Crippen molar-refractivity contribution in [3.8, 4) is 11.1 Å². The Labute approximate surface area is 278 Å². The van der Waals surface area contributed by atoms with Gasteiger partial charge in [-0.25, -0.2) is 8.78 Å². The van der Waals surface area contributed by atoms with E-state index in [0.29, 0.717) is 6.29 Å². The smallest absolute Gasteiger partial charge is 0.310 e. The molecule has 3 aromatic carbocycles.